The molecule has 0 unspecified atom stereocenters. The van der Waals surface area contributed by atoms with Gasteiger partial charge in [0.05, 0.1) is 29.5 Å². The first-order chi connectivity index (χ1) is 10.4. The summed E-state index contributed by atoms with van der Waals surface area (Å²) in [6.45, 7) is 0.658. The molecule has 0 atom stereocenters. The first-order valence-electron chi connectivity index (χ1n) is 6.95. The average molecular weight is 274 g/mol. The minimum absolute atomic E-state index is 0.658. The fourth-order valence-electron chi connectivity index (χ4n) is 2.62. The van der Waals surface area contributed by atoms with Gasteiger partial charge >= 0.3 is 0 Å². The van der Waals surface area contributed by atoms with Gasteiger partial charge in [0.1, 0.15) is 5.76 Å². The molecular weight excluding hydrogens is 260 g/mol. The van der Waals surface area contributed by atoms with Crippen molar-refractivity contribution in [1.29, 1.82) is 0 Å². The lowest BCUT2D eigenvalue weighted by molar-refractivity contribution is 0.518. The molecule has 0 aliphatic carbocycles. The summed E-state index contributed by atoms with van der Waals surface area (Å²) in [6, 6.07) is 20.3. The van der Waals surface area contributed by atoms with E-state index in [9.17, 15) is 0 Å². The molecular formula is C18H14N2O. The van der Waals surface area contributed by atoms with Crippen LogP contribution in [0.4, 0.5) is 5.69 Å². The second-order valence-electron chi connectivity index (χ2n) is 4.95. The number of anilines is 1. The molecule has 3 nitrogen and oxygen atoms in total. The maximum absolute atomic E-state index is 5.40. The molecule has 0 saturated carbocycles. The molecule has 4 aromatic rings. The molecule has 0 bridgehead atoms. The molecule has 0 spiro atoms. The number of fused-ring (bicyclic) bond motifs is 2. The van der Waals surface area contributed by atoms with Gasteiger partial charge in [0.25, 0.3) is 0 Å². The third-order valence-electron chi connectivity index (χ3n) is 3.61. The van der Waals surface area contributed by atoms with Gasteiger partial charge in [-0.3, -0.25) is 0 Å². The van der Waals surface area contributed by atoms with Gasteiger partial charge in [0.15, 0.2) is 0 Å². The van der Waals surface area contributed by atoms with Crippen molar-refractivity contribution in [3.05, 3.63) is 72.7 Å². The number of pyridine rings is 1. The SMILES string of the molecule is c1coc(CNc2c3ccccc3nc3ccccc23)c1. The Balaban J connectivity index is 1.89. The van der Waals surface area contributed by atoms with Crippen LogP contribution in [-0.4, -0.2) is 4.98 Å². The third kappa shape index (κ3) is 2.13. The van der Waals surface area contributed by atoms with E-state index in [-0.39, 0.29) is 0 Å². The number of aromatic nitrogens is 1. The molecule has 0 radical (unpaired) electrons. The topological polar surface area (TPSA) is 38.1 Å². The van der Waals surface area contributed by atoms with Crippen LogP contribution in [-0.2, 0) is 6.54 Å². The van der Waals surface area contributed by atoms with Crippen LogP contribution in [0.5, 0.6) is 0 Å². The number of hydrogen-bond donors (Lipinski definition) is 1. The van der Waals surface area contributed by atoms with Crippen LogP contribution >= 0.6 is 0 Å². The largest absolute Gasteiger partial charge is 0.467 e. The van der Waals surface area contributed by atoms with Crippen molar-refractivity contribution in [2.75, 3.05) is 5.32 Å². The van der Waals surface area contributed by atoms with Gasteiger partial charge in [-0.25, -0.2) is 4.98 Å². The summed E-state index contributed by atoms with van der Waals surface area (Å²) in [5, 5.41) is 5.75. The summed E-state index contributed by atoms with van der Waals surface area (Å²) in [6.07, 6.45) is 1.69. The Morgan fingerprint density at radius 2 is 1.48 bits per heavy atom. The number of para-hydroxylation sites is 2. The summed E-state index contributed by atoms with van der Waals surface area (Å²) in [5.41, 5.74) is 3.10. The summed E-state index contributed by atoms with van der Waals surface area (Å²) in [7, 11) is 0. The Labute approximate surface area is 122 Å². The van der Waals surface area contributed by atoms with Crippen LogP contribution in [0, 0.1) is 0 Å². The Morgan fingerprint density at radius 1 is 0.810 bits per heavy atom. The molecule has 3 heteroatoms. The van der Waals surface area contributed by atoms with Crippen molar-refractivity contribution in [2.24, 2.45) is 0 Å². The van der Waals surface area contributed by atoms with Crippen molar-refractivity contribution in [3.63, 3.8) is 0 Å². The number of nitrogens with zero attached hydrogens (tertiary/aromatic N) is 1. The predicted octanol–water partition coefficient (Wildman–Crippen LogP) is 4.59. The van der Waals surface area contributed by atoms with Crippen molar-refractivity contribution in [2.45, 2.75) is 6.54 Å². The van der Waals surface area contributed by atoms with E-state index in [0.717, 1.165) is 33.3 Å². The molecule has 2 aromatic heterocycles. The highest BCUT2D eigenvalue weighted by Gasteiger charge is 2.08. The van der Waals surface area contributed by atoms with Crippen LogP contribution in [0.25, 0.3) is 21.8 Å². The van der Waals surface area contributed by atoms with Crippen LogP contribution in [0.3, 0.4) is 0 Å². The third-order valence-corrected chi connectivity index (χ3v) is 3.61. The molecule has 2 heterocycles. The average Bonchev–Trinajstić information content (AvgIpc) is 3.05. The van der Waals surface area contributed by atoms with Gasteiger partial charge in [-0.1, -0.05) is 36.4 Å². The van der Waals surface area contributed by atoms with Crippen molar-refractivity contribution >= 4 is 27.5 Å². The standard InChI is InChI=1S/C18H14N2O/c1-3-9-16-14(7-1)18(19-12-13-6-5-11-21-13)15-8-2-4-10-17(15)20-16/h1-11H,12H2,(H,19,20). The Hall–Kier alpha value is -2.81. The maximum atomic E-state index is 5.40. The van der Waals surface area contributed by atoms with Crippen LogP contribution in [0.1, 0.15) is 5.76 Å². The van der Waals surface area contributed by atoms with E-state index >= 15 is 0 Å². The Kier molecular flexibility index (Phi) is 2.82. The molecule has 0 amide bonds. The zero-order chi connectivity index (χ0) is 14.1. The summed E-state index contributed by atoms with van der Waals surface area (Å²) in [5.74, 6) is 0.917. The Morgan fingerprint density at radius 3 is 2.10 bits per heavy atom. The second-order valence-corrected chi connectivity index (χ2v) is 4.95. The molecule has 0 aliphatic heterocycles. The van der Waals surface area contributed by atoms with Crippen molar-refractivity contribution < 1.29 is 4.42 Å². The normalized spacial score (nSPS) is 11.0. The van der Waals surface area contributed by atoms with E-state index in [4.69, 9.17) is 9.40 Å². The quantitative estimate of drug-likeness (QED) is 0.555. The van der Waals surface area contributed by atoms with E-state index < -0.39 is 0 Å². The van der Waals surface area contributed by atoms with Gasteiger partial charge in [-0.15, -0.1) is 0 Å². The smallest absolute Gasteiger partial charge is 0.122 e. The zero-order valence-electron chi connectivity index (χ0n) is 11.4. The first-order valence-corrected chi connectivity index (χ1v) is 6.95. The van der Waals surface area contributed by atoms with Gasteiger partial charge in [0.2, 0.25) is 0 Å². The van der Waals surface area contributed by atoms with E-state index in [1.807, 2.05) is 48.5 Å². The highest BCUT2D eigenvalue weighted by molar-refractivity contribution is 6.07. The van der Waals surface area contributed by atoms with Gasteiger partial charge in [0, 0.05) is 10.8 Å². The highest BCUT2D eigenvalue weighted by atomic mass is 16.3. The lowest BCUT2D eigenvalue weighted by Crippen LogP contribution is -2.00. The fraction of sp³-hybridized carbons (Fsp3) is 0.0556. The fourth-order valence-corrected chi connectivity index (χ4v) is 2.62. The van der Waals surface area contributed by atoms with E-state index in [1.54, 1.807) is 6.26 Å². The summed E-state index contributed by atoms with van der Waals surface area (Å²) >= 11 is 0. The number of hydrogen-bond acceptors (Lipinski definition) is 3. The minimum Gasteiger partial charge on any atom is -0.467 e. The molecule has 2 aromatic carbocycles. The minimum atomic E-state index is 0.658. The van der Waals surface area contributed by atoms with E-state index in [2.05, 4.69) is 17.4 Å². The lowest BCUT2D eigenvalue weighted by atomic mass is 10.1. The molecule has 0 aliphatic rings. The van der Waals surface area contributed by atoms with Gasteiger partial charge in [-0.2, -0.15) is 0 Å². The van der Waals surface area contributed by atoms with Crippen LogP contribution in [0.15, 0.2) is 71.3 Å². The van der Waals surface area contributed by atoms with Gasteiger partial charge < -0.3 is 9.73 Å². The molecule has 1 N–H and O–H groups in total. The zero-order valence-corrected chi connectivity index (χ0v) is 11.4. The van der Waals surface area contributed by atoms with Gasteiger partial charge in [-0.05, 0) is 24.3 Å². The second kappa shape index (κ2) is 4.94. The lowest BCUT2D eigenvalue weighted by Gasteiger charge is -2.12. The molecule has 0 fully saturated rings. The van der Waals surface area contributed by atoms with E-state index in [1.165, 1.54) is 0 Å². The summed E-state index contributed by atoms with van der Waals surface area (Å²) < 4.78 is 5.40. The molecule has 4 rings (SSSR count). The molecule has 0 saturated heterocycles. The van der Waals surface area contributed by atoms with Crippen LogP contribution < -0.4 is 5.32 Å². The number of furan rings is 1. The van der Waals surface area contributed by atoms with Crippen LogP contribution in [0.2, 0.25) is 0 Å². The highest BCUT2D eigenvalue weighted by Crippen LogP contribution is 2.30. The first kappa shape index (κ1) is 12.0. The maximum Gasteiger partial charge on any atom is 0.122 e. The predicted molar refractivity (Wildman–Crippen MR) is 85.3 cm³/mol. The Bertz CT molecular complexity index is 844. The monoisotopic (exact) mass is 274 g/mol. The molecule has 21 heavy (non-hydrogen) atoms. The number of benzene rings is 2. The molecule has 102 valence electrons. The van der Waals surface area contributed by atoms with Crippen molar-refractivity contribution in [1.82, 2.24) is 4.98 Å². The number of nitrogens with one attached hydrogen (secondary N) is 1. The van der Waals surface area contributed by atoms with E-state index in [0.29, 0.717) is 6.54 Å². The number of rotatable bonds is 3. The van der Waals surface area contributed by atoms with Crippen molar-refractivity contribution in [3.8, 4) is 0 Å². The summed E-state index contributed by atoms with van der Waals surface area (Å²) in [4.78, 5) is 4.72.